The number of hydrogen-bond donors (Lipinski definition) is 2. The normalized spacial score (nSPS) is 19.1. The van der Waals surface area contributed by atoms with E-state index in [1.807, 2.05) is 30.9 Å². The van der Waals surface area contributed by atoms with Gasteiger partial charge in [-0.05, 0) is 71.2 Å². The Morgan fingerprint density at radius 3 is 2.79 bits per heavy atom. The van der Waals surface area contributed by atoms with Gasteiger partial charge in [0.25, 0.3) is 0 Å². The summed E-state index contributed by atoms with van der Waals surface area (Å²) < 4.78 is 5.89. The van der Waals surface area contributed by atoms with E-state index in [0.717, 1.165) is 53.1 Å². The summed E-state index contributed by atoms with van der Waals surface area (Å²) in [5.74, 6) is 0.867. The monoisotopic (exact) mass is 396 g/mol. The highest BCUT2D eigenvalue weighted by atomic mass is 32.2. The second-order valence-electron chi connectivity index (χ2n) is 8.28. The Bertz CT molecular complexity index is 1010. The van der Waals surface area contributed by atoms with Crippen LogP contribution in [0.25, 0.3) is 10.9 Å². The quantitative estimate of drug-likeness (QED) is 0.594. The first-order valence-electron chi connectivity index (χ1n) is 9.81. The smallest absolute Gasteiger partial charge is 0.155 e. The van der Waals surface area contributed by atoms with Crippen molar-refractivity contribution >= 4 is 34.2 Å². The number of rotatable bonds is 4. The molecule has 1 aromatic carbocycles. The molecule has 4 rings (SSSR count). The van der Waals surface area contributed by atoms with E-state index in [1.54, 1.807) is 0 Å². The van der Waals surface area contributed by atoms with Crippen LogP contribution in [-0.2, 0) is 4.74 Å². The standard InChI is InChI=1S/C22H28N4OS/c1-13-10-19-17(11-20(13)28-16-7-9-27-22(4,5)12-16)18(6-8-23-19)24-21-14(2)15(3)25-26-21/h6,8,10-11,16H,7,9,12H2,1-5H3,(H2,23,24,25,26). The van der Waals surface area contributed by atoms with E-state index < -0.39 is 0 Å². The minimum absolute atomic E-state index is 0.0374. The largest absolute Gasteiger partial charge is 0.375 e. The molecule has 0 aliphatic carbocycles. The zero-order chi connectivity index (χ0) is 19.9. The lowest BCUT2D eigenvalue weighted by molar-refractivity contribution is -0.0485. The summed E-state index contributed by atoms with van der Waals surface area (Å²) in [5.41, 5.74) is 5.49. The molecule has 3 heterocycles. The third kappa shape index (κ3) is 3.89. The molecule has 28 heavy (non-hydrogen) atoms. The van der Waals surface area contributed by atoms with Crippen LogP contribution in [0, 0.1) is 20.8 Å². The summed E-state index contributed by atoms with van der Waals surface area (Å²) in [6.45, 7) is 11.5. The van der Waals surface area contributed by atoms with Crippen molar-refractivity contribution in [2.75, 3.05) is 11.9 Å². The van der Waals surface area contributed by atoms with Crippen molar-refractivity contribution in [1.82, 2.24) is 15.2 Å². The maximum Gasteiger partial charge on any atom is 0.155 e. The molecule has 5 nitrogen and oxygen atoms in total. The highest BCUT2D eigenvalue weighted by Crippen LogP contribution is 2.39. The zero-order valence-corrected chi connectivity index (χ0v) is 18.0. The summed E-state index contributed by atoms with van der Waals surface area (Å²) in [4.78, 5) is 5.91. The molecule has 0 amide bonds. The van der Waals surface area contributed by atoms with Gasteiger partial charge in [-0.15, -0.1) is 11.8 Å². The lowest BCUT2D eigenvalue weighted by Gasteiger charge is -2.35. The predicted molar refractivity (Wildman–Crippen MR) is 117 cm³/mol. The number of hydrogen-bond acceptors (Lipinski definition) is 5. The third-order valence-corrected chi connectivity index (χ3v) is 6.92. The zero-order valence-electron chi connectivity index (χ0n) is 17.2. The second kappa shape index (κ2) is 7.41. The van der Waals surface area contributed by atoms with Crippen molar-refractivity contribution in [2.24, 2.45) is 0 Å². The Labute approximate surface area is 170 Å². The van der Waals surface area contributed by atoms with Crippen LogP contribution in [0.1, 0.15) is 43.5 Å². The Hall–Kier alpha value is -2.05. The van der Waals surface area contributed by atoms with Gasteiger partial charge in [0.2, 0.25) is 0 Å². The number of H-pyrrole nitrogens is 1. The maximum atomic E-state index is 5.89. The molecule has 3 aromatic rings. The summed E-state index contributed by atoms with van der Waals surface area (Å²) in [5, 5.41) is 12.6. The molecule has 1 aliphatic rings. The second-order valence-corrected chi connectivity index (χ2v) is 9.62. The van der Waals surface area contributed by atoms with E-state index in [2.05, 4.69) is 60.3 Å². The molecule has 6 heteroatoms. The van der Waals surface area contributed by atoms with E-state index in [9.17, 15) is 0 Å². The Morgan fingerprint density at radius 2 is 2.07 bits per heavy atom. The van der Waals surface area contributed by atoms with Gasteiger partial charge in [-0.3, -0.25) is 10.1 Å². The molecule has 2 N–H and O–H groups in total. The van der Waals surface area contributed by atoms with E-state index in [0.29, 0.717) is 5.25 Å². The van der Waals surface area contributed by atoms with E-state index in [-0.39, 0.29) is 5.60 Å². The highest BCUT2D eigenvalue weighted by molar-refractivity contribution is 8.00. The van der Waals surface area contributed by atoms with Crippen molar-refractivity contribution in [1.29, 1.82) is 0 Å². The van der Waals surface area contributed by atoms with Gasteiger partial charge in [-0.25, -0.2) is 0 Å². The fourth-order valence-electron chi connectivity index (χ4n) is 3.70. The highest BCUT2D eigenvalue weighted by Gasteiger charge is 2.29. The number of thioether (sulfide) groups is 1. The number of aryl methyl sites for hydroxylation is 2. The fourth-order valence-corrected chi connectivity index (χ4v) is 5.19. The van der Waals surface area contributed by atoms with Gasteiger partial charge in [-0.1, -0.05) is 0 Å². The van der Waals surface area contributed by atoms with Crippen molar-refractivity contribution < 1.29 is 4.74 Å². The van der Waals surface area contributed by atoms with Gasteiger partial charge in [-0.2, -0.15) is 5.10 Å². The SMILES string of the molecule is Cc1cc2nccc(Nc3n[nH]c(C)c3C)c2cc1SC1CCOC(C)(C)C1. The molecular weight excluding hydrogens is 368 g/mol. The number of fused-ring (bicyclic) bond motifs is 1. The van der Waals surface area contributed by atoms with Gasteiger partial charge < -0.3 is 10.1 Å². The van der Waals surface area contributed by atoms with E-state index in [1.165, 1.54) is 10.5 Å². The minimum atomic E-state index is -0.0374. The van der Waals surface area contributed by atoms with Gasteiger partial charge >= 0.3 is 0 Å². The molecule has 0 saturated carbocycles. The first-order valence-corrected chi connectivity index (χ1v) is 10.7. The number of anilines is 2. The molecule has 0 radical (unpaired) electrons. The third-order valence-electron chi connectivity index (χ3n) is 5.49. The minimum Gasteiger partial charge on any atom is -0.375 e. The van der Waals surface area contributed by atoms with Gasteiger partial charge in [0.05, 0.1) is 16.8 Å². The molecule has 0 spiro atoms. The number of benzene rings is 1. The lowest BCUT2D eigenvalue weighted by atomic mass is 9.98. The molecule has 1 atom stereocenters. The average Bonchev–Trinajstić information content (AvgIpc) is 2.94. The Morgan fingerprint density at radius 1 is 1.25 bits per heavy atom. The lowest BCUT2D eigenvalue weighted by Crippen LogP contribution is -2.35. The number of pyridine rings is 1. The van der Waals surface area contributed by atoms with Crippen LogP contribution in [0.3, 0.4) is 0 Å². The number of aromatic amines is 1. The van der Waals surface area contributed by atoms with Crippen LogP contribution in [0.15, 0.2) is 29.3 Å². The van der Waals surface area contributed by atoms with Crippen LogP contribution in [0.4, 0.5) is 11.5 Å². The van der Waals surface area contributed by atoms with E-state index in [4.69, 9.17) is 4.74 Å². The van der Waals surface area contributed by atoms with Crippen molar-refractivity contribution in [3.05, 3.63) is 41.2 Å². The van der Waals surface area contributed by atoms with Crippen molar-refractivity contribution in [3.63, 3.8) is 0 Å². The van der Waals surface area contributed by atoms with Crippen molar-refractivity contribution in [2.45, 2.75) is 63.2 Å². The molecule has 2 aromatic heterocycles. The predicted octanol–water partition coefficient (Wildman–Crippen LogP) is 5.68. The summed E-state index contributed by atoms with van der Waals surface area (Å²) in [6.07, 6.45) is 4.02. The number of nitrogens with zero attached hydrogens (tertiary/aromatic N) is 2. The molecule has 1 aliphatic heterocycles. The van der Waals surface area contributed by atoms with Crippen LogP contribution in [0.5, 0.6) is 0 Å². The van der Waals surface area contributed by atoms with Gasteiger partial charge in [0.15, 0.2) is 5.82 Å². The first kappa shape index (κ1) is 19.3. The molecule has 1 unspecified atom stereocenters. The van der Waals surface area contributed by atoms with Crippen LogP contribution in [0.2, 0.25) is 0 Å². The number of aromatic nitrogens is 3. The Kier molecular flexibility index (Phi) is 5.10. The molecule has 1 saturated heterocycles. The van der Waals surface area contributed by atoms with Gasteiger partial charge in [0, 0.05) is 39.6 Å². The first-order chi connectivity index (χ1) is 13.3. The van der Waals surface area contributed by atoms with Crippen molar-refractivity contribution in [3.8, 4) is 0 Å². The average molecular weight is 397 g/mol. The molecular formula is C22H28N4OS. The summed E-state index contributed by atoms with van der Waals surface area (Å²) >= 11 is 1.97. The van der Waals surface area contributed by atoms with Crippen LogP contribution in [-0.4, -0.2) is 32.6 Å². The van der Waals surface area contributed by atoms with E-state index >= 15 is 0 Å². The summed E-state index contributed by atoms with van der Waals surface area (Å²) in [6, 6.07) is 6.49. The summed E-state index contributed by atoms with van der Waals surface area (Å²) in [7, 11) is 0. The molecule has 1 fully saturated rings. The number of ether oxygens (including phenoxy) is 1. The molecule has 0 bridgehead atoms. The van der Waals surface area contributed by atoms with Crippen LogP contribution >= 0.6 is 11.8 Å². The fraction of sp³-hybridized carbons (Fsp3) is 0.455. The van der Waals surface area contributed by atoms with Crippen LogP contribution < -0.4 is 5.32 Å². The maximum absolute atomic E-state index is 5.89. The molecule has 148 valence electrons. The van der Waals surface area contributed by atoms with Gasteiger partial charge in [0.1, 0.15) is 0 Å². The Balaban J connectivity index is 1.67. The topological polar surface area (TPSA) is 62.8 Å². The number of nitrogens with one attached hydrogen (secondary N) is 2.